The van der Waals surface area contributed by atoms with Crippen LogP contribution in [0.4, 0.5) is 5.13 Å². The van der Waals surface area contributed by atoms with Gasteiger partial charge in [0.2, 0.25) is 17.8 Å². The Hall–Kier alpha value is -3.08. The number of carbonyl (C=O) groups is 3. The van der Waals surface area contributed by atoms with Crippen LogP contribution in [0.25, 0.3) is 0 Å². The third-order valence-corrected chi connectivity index (χ3v) is 8.28. The second-order valence-corrected chi connectivity index (χ2v) is 10.9. The van der Waals surface area contributed by atoms with E-state index in [1.165, 1.54) is 22.7 Å². The van der Waals surface area contributed by atoms with Crippen LogP contribution in [0.15, 0.2) is 47.2 Å². The molecule has 1 unspecified atom stereocenters. The zero-order valence-corrected chi connectivity index (χ0v) is 21.9. The van der Waals surface area contributed by atoms with Crippen LogP contribution in [0.2, 0.25) is 0 Å². The van der Waals surface area contributed by atoms with E-state index in [2.05, 4.69) is 9.88 Å². The molecule has 5 rings (SSSR count). The Morgan fingerprint density at radius 3 is 2.75 bits per heavy atom. The third-order valence-electron chi connectivity index (χ3n) is 6.54. The third kappa shape index (κ3) is 4.80. The molecule has 2 atom stereocenters. The highest BCUT2D eigenvalue weighted by Gasteiger charge is 2.36. The first-order valence-electron chi connectivity index (χ1n) is 12.0. The molecule has 4 heterocycles. The zero-order chi connectivity index (χ0) is 25.2. The summed E-state index contributed by atoms with van der Waals surface area (Å²) < 4.78 is 5.88. The molecule has 1 aromatic carbocycles. The summed E-state index contributed by atoms with van der Waals surface area (Å²) in [7, 11) is 3.58. The van der Waals surface area contributed by atoms with E-state index >= 15 is 0 Å². The van der Waals surface area contributed by atoms with E-state index in [1.54, 1.807) is 47.5 Å². The largest absolute Gasteiger partial charge is 0.475 e. The molecule has 2 aliphatic rings. The highest BCUT2D eigenvalue weighted by Crippen LogP contribution is 2.38. The number of anilines is 1. The minimum absolute atomic E-state index is 0.0972. The molecule has 0 spiro atoms. The molecule has 8 nitrogen and oxygen atoms in total. The van der Waals surface area contributed by atoms with Crippen LogP contribution in [-0.2, 0) is 4.79 Å². The van der Waals surface area contributed by atoms with Gasteiger partial charge in [0.1, 0.15) is 11.4 Å². The maximum Gasteiger partial charge on any atom is 0.270 e. The van der Waals surface area contributed by atoms with Gasteiger partial charge in [-0.1, -0.05) is 18.2 Å². The standard InChI is InChI=1S/C26H28N4O4S2/c1-28(2)24(32)19-9-5-12-29(19)13-7-14-30(25(33)21-11-6-15-35-21)26-27-18(16-36-26)23-22(31)17-8-3-4-10-20(17)34-23/h3-4,6,8,10-11,15-16,19,23H,5,7,9,12-14H2,1-2H3/t19?,23-/m0/s1. The van der Waals surface area contributed by atoms with Crippen LogP contribution in [0, 0.1) is 0 Å². The van der Waals surface area contributed by atoms with Gasteiger partial charge in [-0.2, -0.15) is 0 Å². The Labute approximate surface area is 218 Å². The van der Waals surface area contributed by atoms with E-state index < -0.39 is 6.10 Å². The lowest BCUT2D eigenvalue weighted by Crippen LogP contribution is -2.43. The molecule has 2 aromatic heterocycles. The molecule has 1 fully saturated rings. The molecule has 0 aliphatic carbocycles. The molecule has 3 aromatic rings. The molecule has 0 saturated carbocycles. The Bertz CT molecular complexity index is 1260. The molecule has 1 saturated heterocycles. The van der Waals surface area contributed by atoms with Crippen molar-refractivity contribution in [2.45, 2.75) is 31.4 Å². The molecule has 0 N–H and O–H groups in total. The number of likely N-dealkylation sites (tertiary alicyclic amines) is 1. The fourth-order valence-electron chi connectivity index (χ4n) is 4.73. The van der Waals surface area contributed by atoms with Crippen molar-refractivity contribution in [1.82, 2.24) is 14.8 Å². The molecule has 188 valence electrons. The number of fused-ring (bicyclic) bond motifs is 1. The number of benzene rings is 1. The number of amides is 2. The number of carbonyl (C=O) groups excluding carboxylic acids is 3. The summed E-state index contributed by atoms with van der Waals surface area (Å²) in [6, 6.07) is 10.7. The summed E-state index contributed by atoms with van der Waals surface area (Å²) in [5, 5.41) is 4.21. The van der Waals surface area contributed by atoms with Crippen molar-refractivity contribution in [2.24, 2.45) is 0 Å². The lowest BCUT2D eigenvalue weighted by Gasteiger charge is -2.27. The first-order chi connectivity index (χ1) is 17.4. The van der Waals surface area contributed by atoms with Crippen molar-refractivity contribution < 1.29 is 19.1 Å². The van der Waals surface area contributed by atoms with Gasteiger partial charge in [-0.25, -0.2) is 4.98 Å². The number of aromatic nitrogens is 1. The smallest absolute Gasteiger partial charge is 0.270 e. The van der Waals surface area contributed by atoms with Crippen LogP contribution in [-0.4, -0.2) is 72.2 Å². The molecular weight excluding hydrogens is 496 g/mol. The van der Waals surface area contributed by atoms with E-state index in [1.807, 2.05) is 23.6 Å². The van der Waals surface area contributed by atoms with Gasteiger partial charge in [-0.15, -0.1) is 22.7 Å². The predicted octanol–water partition coefficient (Wildman–Crippen LogP) is 4.11. The minimum Gasteiger partial charge on any atom is -0.475 e. The highest BCUT2D eigenvalue weighted by molar-refractivity contribution is 7.14. The Kier molecular flexibility index (Phi) is 7.17. The van der Waals surface area contributed by atoms with E-state index in [0.29, 0.717) is 40.0 Å². The first kappa shape index (κ1) is 24.6. The zero-order valence-electron chi connectivity index (χ0n) is 20.3. The number of nitrogens with zero attached hydrogens (tertiary/aromatic N) is 4. The fraction of sp³-hybridized carbons (Fsp3) is 0.385. The maximum absolute atomic E-state index is 13.4. The van der Waals surface area contributed by atoms with Gasteiger partial charge in [0.05, 0.1) is 16.5 Å². The Balaban J connectivity index is 1.31. The van der Waals surface area contributed by atoms with Gasteiger partial charge in [-0.3, -0.25) is 24.2 Å². The van der Waals surface area contributed by atoms with Crippen LogP contribution in [0.5, 0.6) is 5.75 Å². The molecule has 0 radical (unpaired) electrons. The molecule has 0 bridgehead atoms. The van der Waals surface area contributed by atoms with Gasteiger partial charge >= 0.3 is 0 Å². The second-order valence-electron chi connectivity index (χ2n) is 9.13. The van der Waals surface area contributed by atoms with Crippen molar-refractivity contribution in [2.75, 3.05) is 38.6 Å². The highest BCUT2D eigenvalue weighted by atomic mass is 32.1. The number of ketones is 1. The average Bonchev–Trinajstić information content (AvgIpc) is 3.68. The van der Waals surface area contributed by atoms with Gasteiger partial charge in [-0.05, 0) is 49.4 Å². The van der Waals surface area contributed by atoms with Crippen LogP contribution in [0.1, 0.15) is 51.1 Å². The lowest BCUT2D eigenvalue weighted by molar-refractivity contribution is -0.133. The summed E-state index contributed by atoms with van der Waals surface area (Å²) in [4.78, 5) is 49.7. The van der Waals surface area contributed by atoms with Crippen molar-refractivity contribution in [3.63, 3.8) is 0 Å². The van der Waals surface area contributed by atoms with E-state index in [9.17, 15) is 14.4 Å². The predicted molar refractivity (Wildman–Crippen MR) is 140 cm³/mol. The molecule has 2 amide bonds. The van der Waals surface area contributed by atoms with Crippen molar-refractivity contribution in [1.29, 1.82) is 0 Å². The van der Waals surface area contributed by atoms with E-state index in [4.69, 9.17) is 4.74 Å². The normalized spacial score (nSPS) is 19.2. The molecule has 10 heteroatoms. The number of likely N-dealkylation sites (N-methyl/N-ethyl adjacent to an activating group) is 1. The number of ether oxygens (including phenoxy) is 1. The first-order valence-corrected chi connectivity index (χ1v) is 13.8. The van der Waals surface area contributed by atoms with Crippen molar-refractivity contribution >= 4 is 45.4 Å². The Morgan fingerprint density at radius 2 is 2.00 bits per heavy atom. The summed E-state index contributed by atoms with van der Waals surface area (Å²) >= 11 is 2.73. The second kappa shape index (κ2) is 10.5. The molecule has 2 aliphatic heterocycles. The number of hydrogen-bond acceptors (Lipinski definition) is 8. The van der Waals surface area contributed by atoms with E-state index in [0.717, 1.165) is 25.9 Å². The number of Topliss-reactive ketones (excluding diaryl/α,β-unsaturated/α-hetero) is 1. The molecular formula is C26H28N4O4S2. The quantitative estimate of drug-likeness (QED) is 0.441. The monoisotopic (exact) mass is 524 g/mol. The van der Waals surface area contributed by atoms with E-state index in [-0.39, 0.29) is 23.6 Å². The summed E-state index contributed by atoms with van der Waals surface area (Å²) in [6.07, 6.45) is 1.76. The maximum atomic E-state index is 13.4. The topological polar surface area (TPSA) is 83.1 Å². The Morgan fingerprint density at radius 1 is 1.17 bits per heavy atom. The van der Waals surface area contributed by atoms with Crippen LogP contribution in [0.3, 0.4) is 0 Å². The number of thiophene rings is 1. The summed E-state index contributed by atoms with van der Waals surface area (Å²) in [5.74, 6) is 0.450. The van der Waals surface area contributed by atoms with Crippen molar-refractivity contribution in [3.8, 4) is 5.75 Å². The van der Waals surface area contributed by atoms with Crippen molar-refractivity contribution in [3.05, 3.63) is 63.3 Å². The lowest BCUT2D eigenvalue weighted by atomic mass is 10.1. The SMILES string of the molecule is CN(C)C(=O)C1CCCN1CCCN(C(=O)c1cccs1)c1nc([C@@H]2Oc3ccccc3C2=O)cs1. The number of thiazole rings is 1. The number of rotatable bonds is 8. The fourth-order valence-corrected chi connectivity index (χ4v) is 6.26. The minimum atomic E-state index is -0.798. The van der Waals surface area contributed by atoms with Crippen LogP contribution >= 0.6 is 22.7 Å². The number of para-hydroxylation sites is 1. The number of hydrogen-bond donors (Lipinski definition) is 0. The van der Waals surface area contributed by atoms with Crippen LogP contribution < -0.4 is 9.64 Å². The molecule has 36 heavy (non-hydrogen) atoms. The van der Waals surface area contributed by atoms with Gasteiger partial charge in [0.15, 0.2) is 5.13 Å². The summed E-state index contributed by atoms with van der Waals surface area (Å²) in [5.41, 5.74) is 1.06. The summed E-state index contributed by atoms with van der Waals surface area (Å²) in [6.45, 7) is 2.06. The van der Waals surface area contributed by atoms with Gasteiger partial charge in [0.25, 0.3) is 5.91 Å². The van der Waals surface area contributed by atoms with Gasteiger partial charge in [0, 0.05) is 32.6 Å². The van der Waals surface area contributed by atoms with Gasteiger partial charge < -0.3 is 9.64 Å². The average molecular weight is 525 g/mol.